The second-order valence-corrected chi connectivity index (χ2v) is 4.22. The van der Waals surface area contributed by atoms with Crippen LogP contribution in [0.5, 0.6) is 0 Å². The summed E-state index contributed by atoms with van der Waals surface area (Å²) in [5.74, 6) is -2.70. The fraction of sp³-hybridized carbons (Fsp3) is 0.462. The number of hydrogen-bond acceptors (Lipinski definition) is 3. The van der Waals surface area contributed by atoms with Crippen molar-refractivity contribution in [3.63, 3.8) is 0 Å². The van der Waals surface area contributed by atoms with Gasteiger partial charge in [0.1, 0.15) is 6.61 Å². The van der Waals surface area contributed by atoms with E-state index < -0.39 is 17.6 Å². The van der Waals surface area contributed by atoms with Crippen molar-refractivity contribution in [1.29, 1.82) is 0 Å². The smallest absolute Gasteiger partial charge is 0.338 e. The molecule has 1 aromatic rings. The van der Waals surface area contributed by atoms with E-state index in [0.717, 1.165) is 31.4 Å². The molecule has 0 spiro atoms. The van der Waals surface area contributed by atoms with Crippen LogP contribution in [0.2, 0.25) is 0 Å². The van der Waals surface area contributed by atoms with E-state index in [4.69, 9.17) is 9.47 Å². The molecule has 1 aliphatic heterocycles. The lowest BCUT2D eigenvalue weighted by atomic mass is 10.1. The van der Waals surface area contributed by atoms with E-state index in [0.29, 0.717) is 6.61 Å². The van der Waals surface area contributed by atoms with Crippen LogP contribution in [0.15, 0.2) is 18.2 Å². The number of carbonyl (C=O) groups is 1. The van der Waals surface area contributed by atoms with E-state index in [1.165, 1.54) is 6.07 Å². The van der Waals surface area contributed by atoms with Crippen LogP contribution in [0.3, 0.4) is 0 Å². The van der Waals surface area contributed by atoms with E-state index in [1.54, 1.807) is 0 Å². The molecule has 1 aromatic carbocycles. The van der Waals surface area contributed by atoms with Crippen LogP contribution in [-0.2, 0) is 9.47 Å². The van der Waals surface area contributed by atoms with Gasteiger partial charge in [0.05, 0.1) is 11.7 Å². The second-order valence-electron chi connectivity index (χ2n) is 4.22. The Morgan fingerprint density at radius 2 is 2.17 bits per heavy atom. The van der Waals surface area contributed by atoms with Gasteiger partial charge in [0, 0.05) is 6.61 Å². The Hall–Kier alpha value is -1.49. The molecule has 0 radical (unpaired) electrons. The monoisotopic (exact) mass is 256 g/mol. The van der Waals surface area contributed by atoms with Crippen LogP contribution in [0.4, 0.5) is 8.78 Å². The highest BCUT2D eigenvalue weighted by Crippen LogP contribution is 2.14. The Morgan fingerprint density at radius 3 is 2.83 bits per heavy atom. The Morgan fingerprint density at radius 1 is 1.33 bits per heavy atom. The normalized spacial score (nSPS) is 19.6. The van der Waals surface area contributed by atoms with E-state index in [2.05, 4.69) is 0 Å². The first-order valence-corrected chi connectivity index (χ1v) is 5.90. The molecule has 0 aliphatic carbocycles. The van der Waals surface area contributed by atoms with Gasteiger partial charge in [0.2, 0.25) is 0 Å². The number of benzene rings is 1. The molecule has 0 N–H and O–H groups in total. The molecule has 0 aromatic heterocycles. The maximum Gasteiger partial charge on any atom is 0.338 e. The van der Waals surface area contributed by atoms with Gasteiger partial charge in [-0.05, 0) is 37.5 Å². The van der Waals surface area contributed by atoms with Crippen molar-refractivity contribution in [2.45, 2.75) is 25.4 Å². The summed E-state index contributed by atoms with van der Waals surface area (Å²) in [4.78, 5) is 11.6. The first kappa shape index (κ1) is 13.0. The zero-order valence-electron chi connectivity index (χ0n) is 9.83. The average Bonchev–Trinajstić information content (AvgIpc) is 2.40. The predicted molar refractivity (Wildman–Crippen MR) is 60.2 cm³/mol. The molecular weight excluding hydrogens is 242 g/mol. The summed E-state index contributed by atoms with van der Waals surface area (Å²) in [7, 11) is 0. The van der Waals surface area contributed by atoms with Crippen LogP contribution in [0.1, 0.15) is 29.6 Å². The average molecular weight is 256 g/mol. The number of hydrogen-bond donors (Lipinski definition) is 0. The van der Waals surface area contributed by atoms with E-state index >= 15 is 0 Å². The summed E-state index contributed by atoms with van der Waals surface area (Å²) >= 11 is 0. The van der Waals surface area contributed by atoms with Crippen molar-refractivity contribution in [2.75, 3.05) is 13.2 Å². The van der Waals surface area contributed by atoms with Crippen LogP contribution >= 0.6 is 0 Å². The van der Waals surface area contributed by atoms with Crippen molar-refractivity contribution >= 4 is 5.97 Å². The summed E-state index contributed by atoms with van der Waals surface area (Å²) in [5, 5.41) is 0. The number of rotatable bonds is 3. The topological polar surface area (TPSA) is 35.5 Å². The van der Waals surface area contributed by atoms with Crippen molar-refractivity contribution in [1.82, 2.24) is 0 Å². The number of ether oxygens (including phenoxy) is 2. The molecule has 2 rings (SSSR count). The van der Waals surface area contributed by atoms with Crippen LogP contribution in [-0.4, -0.2) is 25.3 Å². The van der Waals surface area contributed by atoms with Gasteiger partial charge in [-0.25, -0.2) is 13.6 Å². The third kappa shape index (κ3) is 3.26. The van der Waals surface area contributed by atoms with Crippen molar-refractivity contribution < 1.29 is 23.0 Å². The highest BCUT2D eigenvalue weighted by molar-refractivity contribution is 5.89. The van der Waals surface area contributed by atoms with Gasteiger partial charge >= 0.3 is 5.97 Å². The lowest BCUT2D eigenvalue weighted by Gasteiger charge is -2.22. The Bertz CT molecular complexity index is 428. The minimum Gasteiger partial charge on any atom is -0.459 e. The fourth-order valence-corrected chi connectivity index (χ4v) is 1.81. The fourth-order valence-electron chi connectivity index (χ4n) is 1.81. The van der Waals surface area contributed by atoms with Gasteiger partial charge in [-0.1, -0.05) is 0 Å². The summed E-state index contributed by atoms with van der Waals surface area (Å²) in [6.45, 7) is 0.825. The van der Waals surface area contributed by atoms with Gasteiger partial charge in [-0.15, -0.1) is 0 Å². The molecule has 1 heterocycles. The minimum atomic E-state index is -1.06. The molecular formula is C13H14F2O3. The molecule has 0 saturated carbocycles. The zero-order valence-corrected chi connectivity index (χ0v) is 9.83. The molecule has 1 atom stereocenters. The van der Waals surface area contributed by atoms with Crippen molar-refractivity contribution in [3.8, 4) is 0 Å². The van der Waals surface area contributed by atoms with E-state index in [-0.39, 0.29) is 18.3 Å². The molecule has 1 unspecified atom stereocenters. The van der Waals surface area contributed by atoms with Crippen molar-refractivity contribution in [3.05, 3.63) is 35.4 Å². The summed E-state index contributed by atoms with van der Waals surface area (Å²) in [5.41, 5.74) is 0.00436. The lowest BCUT2D eigenvalue weighted by Crippen LogP contribution is -2.26. The molecule has 5 heteroatoms. The first-order chi connectivity index (χ1) is 8.66. The zero-order chi connectivity index (χ0) is 13.0. The SMILES string of the molecule is O=C(OCC1CCCCO1)c1ccc(F)c(F)c1. The maximum atomic E-state index is 12.9. The van der Waals surface area contributed by atoms with E-state index in [9.17, 15) is 13.6 Å². The standard InChI is InChI=1S/C13H14F2O3/c14-11-5-4-9(7-12(11)15)13(16)18-8-10-3-1-2-6-17-10/h4-5,7,10H,1-3,6,8H2. The van der Waals surface area contributed by atoms with E-state index in [1.807, 2.05) is 0 Å². The molecule has 0 bridgehead atoms. The molecule has 98 valence electrons. The summed E-state index contributed by atoms with van der Waals surface area (Å²) in [6.07, 6.45) is 2.83. The van der Waals surface area contributed by atoms with Gasteiger partial charge in [-0.3, -0.25) is 0 Å². The highest BCUT2D eigenvalue weighted by Gasteiger charge is 2.17. The molecule has 3 nitrogen and oxygen atoms in total. The Kier molecular flexibility index (Phi) is 4.25. The van der Waals surface area contributed by atoms with Gasteiger partial charge in [0.15, 0.2) is 11.6 Å². The van der Waals surface area contributed by atoms with Gasteiger partial charge in [-0.2, -0.15) is 0 Å². The van der Waals surface area contributed by atoms with Crippen LogP contribution in [0, 0.1) is 11.6 Å². The lowest BCUT2D eigenvalue weighted by molar-refractivity contribution is -0.0300. The maximum absolute atomic E-state index is 12.9. The summed E-state index contributed by atoms with van der Waals surface area (Å²) < 4.78 is 36.0. The number of halogens is 2. The first-order valence-electron chi connectivity index (χ1n) is 5.90. The third-order valence-corrected chi connectivity index (χ3v) is 2.83. The molecule has 1 saturated heterocycles. The van der Waals surface area contributed by atoms with Crippen LogP contribution in [0.25, 0.3) is 0 Å². The van der Waals surface area contributed by atoms with Gasteiger partial charge in [0.25, 0.3) is 0 Å². The number of carbonyl (C=O) groups excluding carboxylic acids is 1. The quantitative estimate of drug-likeness (QED) is 0.780. The highest BCUT2D eigenvalue weighted by atomic mass is 19.2. The summed E-state index contributed by atoms with van der Waals surface area (Å²) in [6, 6.07) is 2.94. The second kappa shape index (κ2) is 5.91. The Balaban J connectivity index is 1.88. The molecule has 1 aliphatic rings. The third-order valence-electron chi connectivity index (χ3n) is 2.83. The van der Waals surface area contributed by atoms with Crippen molar-refractivity contribution in [2.24, 2.45) is 0 Å². The molecule has 0 amide bonds. The largest absolute Gasteiger partial charge is 0.459 e. The van der Waals surface area contributed by atoms with Crippen LogP contribution < -0.4 is 0 Å². The molecule has 1 fully saturated rings. The van der Waals surface area contributed by atoms with Gasteiger partial charge < -0.3 is 9.47 Å². The Labute approximate surface area is 104 Å². The molecule has 18 heavy (non-hydrogen) atoms. The predicted octanol–water partition coefficient (Wildman–Crippen LogP) is 2.69. The number of esters is 1. The minimum absolute atomic E-state index is 0.00436.